The summed E-state index contributed by atoms with van der Waals surface area (Å²) in [7, 11) is 0. The highest BCUT2D eigenvalue weighted by atomic mass is 35.5. The number of carboxylic acid groups (broad SMARTS) is 1. The maximum atomic E-state index is 12.6. The van der Waals surface area contributed by atoms with Crippen LogP contribution in [0.2, 0.25) is 5.02 Å². The van der Waals surface area contributed by atoms with Gasteiger partial charge >= 0.3 is 17.8 Å². The monoisotopic (exact) mass is 379 g/mol. The van der Waals surface area contributed by atoms with E-state index in [0.717, 1.165) is 6.92 Å². The number of hydrogen-bond donors (Lipinski definition) is 2. The van der Waals surface area contributed by atoms with Gasteiger partial charge in [-0.3, -0.25) is 4.57 Å². The first-order valence-electron chi connectivity index (χ1n) is 6.95. The molecule has 1 aromatic carbocycles. The molecule has 2 atom stereocenters. The van der Waals surface area contributed by atoms with Gasteiger partial charge in [-0.15, -0.1) is 5.10 Å². The van der Waals surface area contributed by atoms with Crippen LogP contribution in [0.15, 0.2) is 29.1 Å². The number of alkyl halides is 3. The standard InChI is InChI=1S/C14H13ClF3N3O4/c1-7(12(23)24)21-13(25)20(6-10(22)14(16,17)18)11(19-21)8-2-4-9(15)5-3-8/h2-5,7,10,22H,6H2,1H3,(H,23,24). The number of rotatable bonds is 5. The minimum Gasteiger partial charge on any atom is -0.480 e. The van der Waals surface area contributed by atoms with Gasteiger partial charge in [0.15, 0.2) is 18.0 Å². The summed E-state index contributed by atoms with van der Waals surface area (Å²) in [6, 6.07) is 4.30. The van der Waals surface area contributed by atoms with Gasteiger partial charge in [0.1, 0.15) is 0 Å². The van der Waals surface area contributed by atoms with Crippen molar-refractivity contribution in [3.8, 4) is 11.4 Å². The normalized spacial score (nSPS) is 14.3. The number of aromatic nitrogens is 3. The highest BCUT2D eigenvalue weighted by molar-refractivity contribution is 6.30. The number of nitrogens with zero attached hydrogens (tertiary/aromatic N) is 3. The predicted molar refractivity (Wildman–Crippen MR) is 81.3 cm³/mol. The fraction of sp³-hybridized carbons (Fsp3) is 0.357. The van der Waals surface area contributed by atoms with E-state index >= 15 is 0 Å². The van der Waals surface area contributed by atoms with Gasteiger partial charge in [0.2, 0.25) is 0 Å². The van der Waals surface area contributed by atoms with Gasteiger partial charge in [0.05, 0.1) is 6.54 Å². The molecule has 1 aromatic heterocycles. The van der Waals surface area contributed by atoms with E-state index < -0.39 is 36.5 Å². The lowest BCUT2D eigenvalue weighted by atomic mass is 10.2. The maximum Gasteiger partial charge on any atom is 0.416 e. The van der Waals surface area contributed by atoms with Crippen LogP contribution in [-0.2, 0) is 11.3 Å². The molecule has 11 heteroatoms. The zero-order valence-electron chi connectivity index (χ0n) is 12.7. The van der Waals surface area contributed by atoms with Gasteiger partial charge in [-0.05, 0) is 31.2 Å². The second-order valence-electron chi connectivity index (χ2n) is 5.24. The van der Waals surface area contributed by atoms with Crippen LogP contribution in [0, 0.1) is 0 Å². The van der Waals surface area contributed by atoms with E-state index in [1.54, 1.807) is 0 Å². The quantitative estimate of drug-likeness (QED) is 0.827. The smallest absolute Gasteiger partial charge is 0.416 e. The van der Waals surface area contributed by atoms with Gasteiger partial charge in [0, 0.05) is 10.6 Å². The summed E-state index contributed by atoms with van der Waals surface area (Å²) in [5, 5.41) is 22.5. The molecule has 0 spiro atoms. The van der Waals surface area contributed by atoms with E-state index in [1.165, 1.54) is 24.3 Å². The van der Waals surface area contributed by atoms with Crippen LogP contribution < -0.4 is 5.69 Å². The predicted octanol–water partition coefficient (Wildman–Crippen LogP) is 1.93. The molecule has 7 nitrogen and oxygen atoms in total. The average Bonchev–Trinajstić information content (AvgIpc) is 2.83. The van der Waals surface area contributed by atoms with E-state index in [0.29, 0.717) is 14.3 Å². The molecule has 136 valence electrons. The molecule has 2 N–H and O–H groups in total. The third-order valence-corrected chi connectivity index (χ3v) is 3.70. The van der Waals surface area contributed by atoms with E-state index in [-0.39, 0.29) is 11.4 Å². The molecule has 0 saturated carbocycles. The molecule has 0 aliphatic carbocycles. The third-order valence-electron chi connectivity index (χ3n) is 3.45. The lowest BCUT2D eigenvalue weighted by Gasteiger charge is -2.15. The van der Waals surface area contributed by atoms with Crippen LogP contribution in [0.1, 0.15) is 13.0 Å². The van der Waals surface area contributed by atoms with Gasteiger partial charge < -0.3 is 10.2 Å². The van der Waals surface area contributed by atoms with Crippen LogP contribution >= 0.6 is 11.6 Å². The van der Waals surface area contributed by atoms with Crippen LogP contribution in [0.4, 0.5) is 13.2 Å². The number of benzene rings is 1. The Balaban J connectivity index is 2.59. The zero-order valence-corrected chi connectivity index (χ0v) is 13.5. The number of hydrogen-bond acceptors (Lipinski definition) is 4. The number of aliphatic hydroxyl groups excluding tert-OH is 1. The molecule has 2 unspecified atom stereocenters. The summed E-state index contributed by atoms with van der Waals surface area (Å²) in [6.07, 6.45) is -7.76. The topological polar surface area (TPSA) is 97.3 Å². The number of carboxylic acids is 1. The Hall–Kier alpha value is -2.33. The van der Waals surface area contributed by atoms with Crippen molar-refractivity contribution in [3.05, 3.63) is 39.8 Å². The minimum atomic E-state index is -4.95. The zero-order chi connectivity index (χ0) is 18.9. The summed E-state index contributed by atoms with van der Waals surface area (Å²) in [4.78, 5) is 23.4. The summed E-state index contributed by atoms with van der Waals surface area (Å²) in [5.74, 6) is -1.59. The van der Waals surface area contributed by atoms with Gasteiger partial charge in [-0.1, -0.05) is 11.6 Å². The van der Waals surface area contributed by atoms with Crippen molar-refractivity contribution in [1.82, 2.24) is 14.3 Å². The number of halogens is 4. The molecule has 2 aromatic rings. The average molecular weight is 380 g/mol. The molecular formula is C14H13ClF3N3O4. The molecule has 0 radical (unpaired) electrons. The Morgan fingerprint density at radius 3 is 2.36 bits per heavy atom. The molecule has 1 heterocycles. The SMILES string of the molecule is CC(C(=O)O)n1nc(-c2ccc(Cl)cc2)n(CC(O)C(F)(F)F)c1=O. The van der Waals surface area contributed by atoms with Crippen molar-refractivity contribution in [2.24, 2.45) is 0 Å². The van der Waals surface area contributed by atoms with E-state index in [9.17, 15) is 27.9 Å². The van der Waals surface area contributed by atoms with E-state index in [4.69, 9.17) is 16.7 Å². The Morgan fingerprint density at radius 1 is 1.32 bits per heavy atom. The molecule has 2 rings (SSSR count). The number of aliphatic carboxylic acids is 1. The Morgan fingerprint density at radius 2 is 1.88 bits per heavy atom. The van der Waals surface area contributed by atoms with Crippen LogP contribution in [0.25, 0.3) is 11.4 Å². The molecule has 0 amide bonds. The Bertz CT molecular complexity index is 829. The van der Waals surface area contributed by atoms with Crippen molar-refractivity contribution in [1.29, 1.82) is 0 Å². The number of aliphatic hydroxyl groups is 1. The first-order chi connectivity index (χ1) is 11.5. The van der Waals surface area contributed by atoms with Crippen LogP contribution in [-0.4, -0.2) is 42.8 Å². The van der Waals surface area contributed by atoms with Crippen molar-refractivity contribution < 1.29 is 28.2 Å². The van der Waals surface area contributed by atoms with E-state index in [2.05, 4.69) is 5.10 Å². The summed E-state index contributed by atoms with van der Waals surface area (Å²) >= 11 is 5.75. The van der Waals surface area contributed by atoms with Gasteiger partial charge in [-0.2, -0.15) is 17.9 Å². The molecular weight excluding hydrogens is 367 g/mol. The largest absolute Gasteiger partial charge is 0.480 e. The lowest BCUT2D eigenvalue weighted by Crippen LogP contribution is -2.38. The second-order valence-corrected chi connectivity index (χ2v) is 5.68. The summed E-state index contributed by atoms with van der Waals surface area (Å²) in [6.45, 7) is 0.0412. The van der Waals surface area contributed by atoms with E-state index in [1.807, 2.05) is 0 Å². The fourth-order valence-corrected chi connectivity index (χ4v) is 2.15. The molecule has 0 saturated heterocycles. The first-order valence-corrected chi connectivity index (χ1v) is 7.33. The lowest BCUT2D eigenvalue weighted by molar-refractivity contribution is -0.207. The minimum absolute atomic E-state index is 0.210. The summed E-state index contributed by atoms with van der Waals surface area (Å²) < 4.78 is 39.1. The highest BCUT2D eigenvalue weighted by Crippen LogP contribution is 2.24. The van der Waals surface area contributed by atoms with Crippen molar-refractivity contribution in [3.63, 3.8) is 0 Å². The molecule has 0 fully saturated rings. The highest BCUT2D eigenvalue weighted by Gasteiger charge is 2.39. The van der Waals surface area contributed by atoms with Crippen molar-refractivity contribution in [2.75, 3.05) is 0 Å². The number of carbonyl (C=O) groups is 1. The Labute approximate surface area is 143 Å². The molecule has 0 aliphatic rings. The fourth-order valence-electron chi connectivity index (χ4n) is 2.02. The van der Waals surface area contributed by atoms with Crippen LogP contribution in [0.5, 0.6) is 0 Å². The first kappa shape index (κ1) is 19.0. The maximum absolute atomic E-state index is 12.6. The molecule has 25 heavy (non-hydrogen) atoms. The third kappa shape index (κ3) is 4.02. The molecule has 0 aliphatic heterocycles. The van der Waals surface area contributed by atoms with Gasteiger partial charge in [0.25, 0.3) is 0 Å². The summed E-state index contributed by atoms with van der Waals surface area (Å²) in [5.41, 5.74) is -0.838. The van der Waals surface area contributed by atoms with Crippen LogP contribution in [0.3, 0.4) is 0 Å². The van der Waals surface area contributed by atoms with Gasteiger partial charge in [-0.25, -0.2) is 9.59 Å². The second kappa shape index (κ2) is 6.89. The van der Waals surface area contributed by atoms with Crippen molar-refractivity contribution in [2.45, 2.75) is 31.8 Å². The molecule has 0 bridgehead atoms. The van der Waals surface area contributed by atoms with Crippen molar-refractivity contribution >= 4 is 17.6 Å². The Kier molecular flexibility index (Phi) is 5.23.